The number of nitrogens with zero attached hydrogens (tertiary/aromatic N) is 1. The Kier molecular flexibility index (Phi) is 4.17. The van der Waals surface area contributed by atoms with Crippen molar-refractivity contribution in [3.05, 3.63) is 63.7 Å². The second kappa shape index (κ2) is 6.04. The molecule has 0 aliphatic rings. The first-order valence-electron chi connectivity index (χ1n) is 6.29. The summed E-state index contributed by atoms with van der Waals surface area (Å²) in [5.74, 6) is -2.24. The lowest BCUT2D eigenvalue weighted by Gasteiger charge is -2.12. The molecule has 112 valence electrons. The van der Waals surface area contributed by atoms with Gasteiger partial charge in [0.05, 0.1) is 11.3 Å². The highest BCUT2D eigenvalue weighted by molar-refractivity contribution is 5.98. The van der Waals surface area contributed by atoms with Gasteiger partial charge in [-0.25, -0.2) is 4.79 Å². The Morgan fingerprint density at radius 3 is 2.27 bits per heavy atom. The maximum atomic E-state index is 11.5. The third-order valence-corrected chi connectivity index (χ3v) is 3.14. The topological polar surface area (TPSA) is 124 Å². The van der Waals surface area contributed by atoms with Crippen LogP contribution in [-0.2, 0) is 11.2 Å². The average Bonchev–Trinajstić information content (AvgIpc) is 2.46. The largest absolute Gasteiger partial charge is 0.477 e. The van der Waals surface area contributed by atoms with Crippen molar-refractivity contribution in [2.45, 2.75) is 6.42 Å². The summed E-state index contributed by atoms with van der Waals surface area (Å²) >= 11 is 0. The van der Waals surface area contributed by atoms with Crippen LogP contribution in [0, 0.1) is 10.1 Å². The Morgan fingerprint density at radius 2 is 1.77 bits per heavy atom. The standard InChI is InChI=1S/C15H12N2O5/c16-13(18)8-11-10(9-4-2-1-3-5-9)6-7-12(17(21)22)14(11)15(19)20/h1-7H,8H2,(H2,16,18)(H,19,20). The highest BCUT2D eigenvalue weighted by Crippen LogP contribution is 2.32. The molecule has 0 bridgehead atoms. The third kappa shape index (κ3) is 2.93. The second-order valence-corrected chi connectivity index (χ2v) is 4.56. The smallest absolute Gasteiger partial charge is 0.343 e. The Balaban J connectivity index is 2.80. The zero-order chi connectivity index (χ0) is 16.3. The number of nitro groups is 1. The van der Waals surface area contributed by atoms with Crippen molar-refractivity contribution in [3.8, 4) is 11.1 Å². The lowest BCUT2D eigenvalue weighted by molar-refractivity contribution is -0.385. The van der Waals surface area contributed by atoms with Crippen LogP contribution in [-0.4, -0.2) is 21.9 Å². The van der Waals surface area contributed by atoms with Crippen molar-refractivity contribution in [3.63, 3.8) is 0 Å². The molecule has 0 atom stereocenters. The molecule has 3 N–H and O–H groups in total. The molecule has 0 aromatic heterocycles. The van der Waals surface area contributed by atoms with Crippen molar-refractivity contribution < 1.29 is 19.6 Å². The Hall–Kier alpha value is -3.22. The van der Waals surface area contributed by atoms with Gasteiger partial charge in [-0.1, -0.05) is 30.3 Å². The Morgan fingerprint density at radius 1 is 1.14 bits per heavy atom. The predicted octanol–water partition coefficient (Wildman–Crippen LogP) is 1.99. The van der Waals surface area contributed by atoms with Gasteiger partial charge in [0.15, 0.2) is 0 Å². The number of carbonyl (C=O) groups excluding carboxylic acids is 1. The van der Waals surface area contributed by atoms with Gasteiger partial charge >= 0.3 is 5.97 Å². The van der Waals surface area contributed by atoms with Gasteiger partial charge < -0.3 is 10.8 Å². The summed E-state index contributed by atoms with van der Waals surface area (Å²) in [7, 11) is 0. The van der Waals surface area contributed by atoms with Gasteiger partial charge in [-0.05, 0) is 22.8 Å². The fourth-order valence-corrected chi connectivity index (χ4v) is 2.27. The lowest BCUT2D eigenvalue weighted by atomic mass is 9.92. The number of hydrogen-bond donors (Lipinski definition) is 2. The summed E-state index contributed by atoms with van der Waals surface area (Å²) in [4.78, 5) is 33.0. The number of rotatable bonds is 5. The van der Waals surface area contributed by atoms with Gasteiger partial charge in [-0.2, -0.15) is 0 Å². The van der Waals surface area contributed by atoms with E-state index in [-0.39, 0.29) is 5.56 Å². The van der Waals surface area contributed by atoms with Gasteiger partial charge in [0, 0.05) is 6.07 Å². The van der Waals surface area contributed by atoms with Crippen LogP contribution >= 0.6 is 0 Å². The van der Waals surface area contributed by atoms with E-state index < -0.39 is 34.5 Å². The molecule has 2 aromatic rings. The molecule has 0 saturated carbocycles. The van der Waals surface area contributed by atoms with Crippen molar-refractivity contribution in [1.82, 2.24) is 0 Å². The maximum Gasteiger partial charge on any atom is 0.343 e. The molecule has 2 aromatic carbocycles. The van der Waals surface area contributed by atoms with Crippen LogP contribution in [0.15, 0.2) is 42.5 Å². The molecule has 2 rings (SSSR count). The highest BCUT2D eigenvalue weighted by Gasteiger charge is 2.27. The van der Waals surface area contributed by atoms with Crippen molar-refractivity contribution in [2.75, 3.05) is 0 Å². The molecule has 0 heterocycles. The number of carboxylic acids is 1. The third-order valence-electron chi connectivity index (χ3n) is 3.14. The first-order valence-corrected chi connectivity index (χ1v) is 6.29. The molecule has 1 amide bonds. The fourth-order valence-electron chi connectivity index (χ4n) is 2.27. The normalized spacial score (nSPS) is 10.2. The van der Waals surface area contributed by atoms with Crippen molar-refractivity contribution in [1.29, 1.82) is 0 Å². The number of amides is 1. The monoisotopic (exact) mass is 300 g/mol. The van der Waals surface area contributed by atoms with Crippen molar-refractivity contribution >= 4 is 17.6 Å². The first-order chi connectivity index (χ1) is 10.4. The van der Waals surface area contributed by atoms with Crippen LogP contribution < -0.4 is 5.73 Å². The van der Waals surface area contributed by atoms with E-state index in [1.165, 1.54) is 6.07 Å². The van der Waals surface area contributed by atoms with E-state index in [1.54, 1.807) is 30.3 Å². The Bertz CT molecular complexity index is 756. The number of hydrogen-bond acceptors (Lipinski definition) is 4. The molecule has 0 aliphatic heterocycles. The van der Waals surface area contributed by atoms with Gasteiger partial charge in [0.1, 0.15) is 5.56 Å². The quantitative estimate of drug-likeness (QED) is 0.645. The van der Waals surface area contributed by atoms with E-state index in [2.05, 4.69) is 0 Å². The summed E-state index contributed by atoms with van der Waals surface area (Å²) < 4.78 is 0. The number of benzene rings is 2. The van der Waals surface area contributed by atoms with Crippen LogP contribution in [0.4, 0.5) is 5.69 Å². The van der Waals surface area contributed by atoms with Crippen LogP contribution in [0.1, 0.15) is 15.9 Å². The molecular weight excluding hydrogens is 288 g/mol. The van der Waals surface area contributed by atoms with E-state index >= 15 is 0 Å². The molecule has 0 unspecified atom stereocenters. The number of nitro benzene ring substituents is 1. The molecule has 7 nitrogen and oxygen atoms in total. The van der Waals surface area contributed by atoms with E-state index in [4.69, 9.17) is 5.73 Å². The maximum absolute atomic E-state index is 11.5. The van der Waals surface area contributed by atoms with Gasteiger partial charge in [-0.3, -0.25) is 14.9 Å². The molecule has 22 heavy (non-hydrogen) atoms. The molecule has 0 saturated heterocycles. The highest BCUT2D eigenvalue weighted by atomic mass is 16.6. The summed E-state index contributed by atoms with van der Waals surface area (Å²) in [5, 5.41) is 20.4. The van der Waals surface area contributed by atoms with Gasteiger partial charge in [-0.15, -0.1) is 0 Å². The molecule has 0 radical (unpaired) electrons. The van der Waals surface area contributed by atoms with Gasteiger partial charge in [0.25, 0.3) is 5.69 Å². The summed E-state index contributed by atoms with van der Waals surface area (Å²) in [6.45, 7) is 0. The van der Waals surface area contributed by atoms with Crippen LogP contribution in [0.2, 0.25) is 0 Å². The minimum Gasteiger partial charge on any atom is -0.477 e. The molecule has 0 fully saturated rings. The average molecular weight is 300 g/mol. The zero-order valence-electron chi connectivity index (χ0n) is 11.4. The Labute approximate surface area is 125 Å². The number of carbonyl (C=O) groups is 2. The molecule has 7 heteroatoms. The molecular formula is C15H12N2O5. The van der Waals surface area contributed by atoms with Crippen LogP contribution in [0.25, 0.3) is 11.1 Å². The number of nitrogens with two attached hydrogens (primary N) is 1. The van der Waals surface area contributed by atoms with E-state index in [0.29, 0.717) is 11.1 Å². The minimum atomic E-state index is -1.47. The second-order valence-electron chi connectivity index (χ2n) is 4.56. The lowest BCUT2D eigenvalue weighted by Crippen LogP contribution is -2.18. The minimum absolute atomic E-state index is 0.0420. The molecule has 0 spiro atoms. The van der Waals surface area contributed by atoms with Gasteiger partial charge in [0.2, 0.25) is 5.91 Å². The predicted molar refractivity (Wildman–Crippen MR) is 78.4 cm³/mol. The van der Waals surface area contributed by atoms with Crippen LogP contribution in [0.5, 0.6) is 0 Å². The number of primary amides is 1. The van der Waals surface area contributed by atoms with Crippen molar-refractivity contribution in [2.24, 2.45) is 5.73 Å². The summed E-state index contributed by atoms with van der Waals surface area (Å²) in [5.41, 5.74) is 5.21. The summed E-state index contributed by atoms with van der Waals surface area (Å²) in [6, 6.07) is 11.3. The van der Waals surface area contributed by atoms with E-state index in [0.717, 1.165) is 6.07 Å². The fraction of sp³-hybridized carbons (Fsp3) is 0.0667. The molecule has 0 aliphatic carbocycles. The zero-order valence-corrected chi connectivity index (χ0v) is 11.4. The SMILES string of the molecule is NC(=O)Cc1c(-c2ccccc2)ccc([N+](=O)[O-])c1C(=O)O. The first kappa shape index (κ1) is 15.2. The van der Waals surface area contributed by atoms with E-state index in [1.807, 2.05) is 0 Å². The summed E-state index contributed by atoms with van der Waals surface area (Å²) in [6.07, 6.45) is -0.395. The van der Waals surface area contributed by atoms with E-state index in [9.17, 15) is 24.8 Å². The van der Waals surface area contributed by atoms with Crippen LogP contribution in [0.3, 0.4) is 0 Å². The number of carboxylic acid groups (broad SMARTS) is 1. The number of aromatic carboxylic acids is 1.